The molecule has 1 heterocycles. The molecule has 1 atom stereocenters. The molecule has 0 aromatic carbocycles. The Labute approximate surface area is 48.3 Å². The van der Waals surface area contributed by atoms with Crippen LogP contribution in [0.15, 0.2) is 22.5 Å². The van der Waals surface area contributed by atoms with Crippen LogP contribution in [-0.4, -0.2) is 5.66 Å². The van der Waals surface area contributed by atoms with E-state index in [1.807, 2.05) is 0 Å². The zero-order valence-corrected chi connectivity index (χ0v) is 4.54. The van der Waals surface area contributed by atoms with E-state index in [-0.39, 0.29) is 0 Å². The van der Waals surface area contributed by atoms with Crippen LogP contribution in [0.1, 0.15) is 6.42 Å². The molecule has 1 unspecified atom stereocenters. The quantitative estimate of drug-likeness (QED) is 0.534. The van der Waals surface area contributed by atoms with Gasteiger partial charge in [-0.2, -0.15) is 10.2 Å². The second-order valence-corrected chi connectivity index (χ2v) is 1.77. The molecule has 0 spiro atoms. The number of hydrogen-bond donors (Lipinski definition) is 1. The molecule has 0 fully saturated rings. The van der Waals surface area contributed by atoms with Gasteiger partial charge in [0, 0.05) is 6.20 Å². The normalized spacial score (nSPS) is 34.2. The lowest BCUT2D eigenvalue weighted by molar-refractivity contribution is 0.554. The Hall–Kier alpha value is -0.700. The van der Waals surface area contributed by atoms with Gasteiger partial charge in [-0.25, -0.2) is 0 Å². The average molecular weight is 110 g/mol. The van der Waals surface area contributed by atoms with Crippen LogP contribution < -0.4 is 5.73 Å². The highest BCUT2D eigenvalue weighted by Crippen LogP contribution is 2.15. The van der Waals surface area contributed by atoms with E-state index in [0.29, 0.717) is 6.42 Å². The predicted molar refractivity (Wildman–Crippen MR) is 30.9 cm³/mol. The molecule has 3 heteroatoms. The lowest BCUT2D eigenvalue weighted by Crippen LogP contribution is -2.32. The zero-order valence-electron chi connectivity index (χ0n) is 4.54. The van der Waals surface area contributed by atoms with Crippen molar-refractivity contribution in [2.45, 2.75) is 12.1 Å². The molecule has 1 aliphatic heterocycles. The lowest BCUT2D eigenvalue weighted by atomic mass is 10.1. The van der Waals surface area contributed by atoms with Crippen molar-refractivity contribution in [2.24, 2.45) is 16.0 Å². The van der Waals surface area contributed by atoms with Gasteiger partial charge in [-0.05, 0) is 19.4 Å². The van der Waals surface area contributed by atoms with E-state index in [1.165, 1.54) is 0 Å². The Bertz CT molecular complexity index is 125. The molecule has 0 bridgehead atoms. The van der Waals surface area contributed by atoms with Gasteiger partial charge in [-0.15, -0.1) is 0 Å². The van der Waals surface area contributed by atoms with Gasteiger partial charge < -0.3 is 5.73 Å². The van der Waals surface area contributed by atoms with Gasteiger partial charge in [-0.1, -0.05) is 0 Å². The Kier molecular flexibility index (Phi) is 1.13. The van der Waals surface area contributed by atoms with Crippen molar-refractivity contribution in [3.8, 4) is 0 Å². The monoisotopic (exact) mass is 110 g/mol. The van der Waals surface area contributed by atoms with Gasteiger partial charge in [-0.3, -0.25) is 0 Å². The standard InChI is InChI=1S/C5H8N3/c1-2-5(6)3-4-7-8-5/h3-4H,1-2,6H2. The SMILES string of the molecule is [CH2]CC1(N)C=CN=N1. The summed E-state index contributed by atoms with van der Waals surface area (Å²) in [6.45, 7) is 3.61. The van der Waals surface area contributed by atoms with Crippen LogP contribution in [0.5, 0.6) is 0 Å². The molecule has 1 aliphatic rings. The minimum absolute atomic E-state index is 0.562. The van der Waals surface area contributed by atoms with Crippen LogP contribution in [0.2, 0.25) is 0 Å². The Balaban J connectivity index is 2.69. The highest BCUT2D eigenvalue weighted by molar-refractivity contribution is 5.06. The topological polar surface area (TPSA) is 50.7 Å². The maximum Gasteiger partial charge on any atom is 0.150 e. The lowest BCUT2D eigenvalue weighted by Gasteiger charge is -2.11. The van der Waals surface area contributed by atoms with Crippen molar-refractivity contribution < 1.29 is 0 Å². The molecule has 0 aromatic heterocycles. The third-order valence-electron chi connectivity index (χ3n) is 1.07. The molecular weight excluding hydrogens is 102 g/mol. The number of azo groups is 1. The van der Waals surface area contributed by atoms with Crippen molar-refractivity contribution in [3.05, 3.63) is 19.2 Å². The van der Waals surface area contributed by atoms with Crippen LogP contribution >= 0.6 is 0 Å². The Morgan fingerprint density at radius 2 is 2.50 bits per heavy atom. The molecule has 0 aromatic rings. The predicted octanol–water partition coefficient (Wildman–Crippen LogP) is 0.845. The van der Waals surface area contributed by atoms with Crippen molar-refractivity contribution in [3.63, 3.8) is 0 Å². The summed E-state index contributed by atoms with van der Waals surface area (Å²) in [5.74, 6) is 0. The Morgan fingerprint density at radius 1 is 1.75 bits per heavy atom. The van der Waals surface area contributed by atoms with E-state index in [9.17, 15) is 0 Å². The van der Waals surface area contributed by atoms with Crippen molar-refractivity contribution in [1.29, 1.82) is 0 Å². The molecule has 8 heavy (non-hydrogen) atoms. The molecule has 43 valence electrons. The summed E-state index contributed by atoms with van der Waals surface area (Å²) in [6.07, 6.45) is 3.89. The first-order valence-electron chi connectivity index (χ1n) is 2.45. The van der Waals surface area contributed by atoms with E-state index < -0.39 is 5.66 Å². The highest BCUT2D eigenvalue weighted by Gasteiger charge is 2.19. The van der Waals surface area contributed by atoms with Crippen molar-refractivity contribution >= 4 is 0 Å². The molecule has 3 nitrogen and oxygen atoms in total. The fourth-order valence-electron chi connectivity index (χ4n) is 0.470. The molecule has 1 radical (unpaired) electrons. The second-order valence-electron chi connectivity index (χ2n) is 1.77. The summed E-state index contributed by atoms with van der Waals surface area (Å²) in [7, 11) is 0. The fraction of sp³-hybridized carbons (Fsp3) is 0.400. The van der Waals surface area contributed by atoms with Crippen LogP contribution in [0.25, 0.3) is 0 Å². The molecular formula is C5H8N3. The van der Waals surface area contributed by atoms with Gasteiger partial charge in [0.25, 0.3) is 0 Å². The number of rotatable bonds is 1. The van der Waals surface area contributed by atoms with Gasteiger partial charge in [0.05, 0.1) is 0 Å². The highest BCUT2D eigenvalue weighted by atomic mass is 15.2. The third-order valence-corrected chi connectivity index (χ3v) is 1.07. The van der Waals surface area contributed by atoms with Crippen molar-refractivity contribution in [1.82, 2.24) is 0 Å². The Morgan fingerprint density at radius 3 is 2.75 bits per heavy atom. The minimum atomic E-state index is -0.597. The first kappa shape index (κ1) is 5.44. The largest absolute Gasteiger partial charge is 0.302 e. The van der Waals surface area contributed by atoms with E-state index >= 15 is 0 Å². The van der Waals surface area contributed by atoms with E-state index in [2.05, 4.69) is 17.2 Å². The number of nitrogens with two attached hydrogens (primary N) is 1. The molecule has 0 saturated heterocycles. The summed E-state index contributed by atoms with van der Waals surface area (Å²) in [5, 5.41) is 7.30. The summed E-state index contributed by atoms with van der Waals surface area (Å²) < 4.78 is 0. The summed E-state index contributed by atoms with van der Waals surface area (Å²) in [5.41, 5.74) is 4.95. The maximum absolute atomic E-state index is 5.55. The van der Waals surface area contributed by atoms with E-state index in [4.69, 9.17) is 5.73 Å². The third kappa shape index (κ3) is 0.767. The number of hydrogen-bond acceptors (Lipinski definition) is 3. The van der Waals surface area contributed by atoms with E-state index in [0.717, 1.165) is 0 Å². The molecule has 2 N–H and O–H groups in total. The minimum Gasteiger partial charge on any atom is -0.302 e. The molecule has 1 rings (SSSR count). The van der Waals surface area contributed by atoms with Gasteiger partial charge in [0.1, 0.15) is 5.66 Å². The summed E-state index contributed by atoms with van der Waals surface area (Å²) in [4.78, 5) is 0. The van der Waals surface area contributed by atoms with Gasteiger partial charge in [0.15, 0.2) is 0 Å². The summed E-state index contributed by atoms with van der Waals surface area (Å²) in [6, 6.07) is 0. The average Bonchev–Trinajstić information content (AvgIpc) is 2.17. The zero-order chi connectivity index (χ0) is 6.04. The van der Waals surface area contributed by atoms with Crippen LogP contribution in [0.4, 0.5) is 0 Å². The molecule has 0 saturated carbocycles. The second kappa shape index (κ2) is 1.67. The molecule has 0 amide bonds. The first-order chi connectivity index (χ1) is 3.77. The first-order valence-corrected chi connectivity index (χ1v) is 2.45. The maximum atomic E-state index is 5.55. The summed E-state index contributed by atoms with van der Waals surface area (Å²) >= 11 is 0. The fourth-order valence-corrected chi connectivity index (χ4v) is 0.470. The van der Waals surface area contributed by atoms with Crippen LogP contribution in [0, 0.1) is 6.92 Å². The smallest absolute Gasteiger partial charge is 0.150 e. The van der Waals surface area contributed by atoms with Gasteiger partial charge >= 0.3 is 0 Å². The van der Waals surface area contributed by atoms with Crippen LogP contribution in [-0.2, 0) is 0 Å². The number of nitrogens with zero attached hydrogens (tertiary/aromatic N) is 2. The van der Waals surface area contributed by atoms with E-state index in [1.54, 1.807) is 12.3 Å². The molecule has 0 aliphatic carbocycles. The van der Waals surface area contributed by atoms with Gasteiger partial charge in [0.2, 0.25) is 0 Å². The van der Waals surface area contributed by atoms with Crippen LogP contribution in [0.3, 0.4) is 0 Å². The van der Waals surface area contributed by atoms with Crippen molar-refractivity contribution in [2.75, 3.05) is 0 Å².